The minimum atomic E-state index is -0.592. The van der Waals surface area contributed by atoms with Crippen molar-refractivity contribution in [1.82, 2.24) is 9.78 Å². The van der Waals surface area contributed by atoms with Gasteiger partial charge in [-0.25, -0.2) is 0 Å². The number of anilines is 2. The number of carbonyl (C=O) groups excluding carboxylic acids is 2. The van der Waals surface area contributed by atoms with Crippen LogP contribution in [0.3, 0.4) is 0 Å². The Bertz CT molecular complexity index is 805. The smallest absolute Gasteiger partial charge is 0.246 e. The van der Waals surface area contributed by atoms with Gasteiger partial charge in [0.05, 0.1) is 25.0 Å². The van der Waals surface area contributed by atoms with Crippen LogP contribution in [0.2, 0.25) is 0 Å². The van der Waals surface area contributed by atoms with Crippen molar-refractivity contribution in [2.24, 2.45) is 11.7 Å². The number of halogens is 1. The first-order valence-corrected chi connectivity index (χ1v) is 9.15. The standard InChI is InChI=1S/C19H25N5O4.ClH/c1-27-16-4-2-14(3-5-16)22-17(25)12-24-11-15(10-21-24)23-19(26)18(20)13-6-8-28-9-7-13;/h2-5,10-11,13,18H,6-9,12,20H2,1H3,(H,22,25)(H,23,26);1H. The average molecular weight is 424 g/mol. The highest BCUT2D eigenvalue weighted by Crippen LogP contribution is 2.19. The number of nitrogens with one attached hydrogen (secondary N) is 2. The van der Waals surface area contributed by atoms with E-state index in [1.54, 1.807) is 37.6 Å². The van der Waals surface area contributed by atoms with E-state index in [2.05, 4.69) is 15.7 Å². The Kier molecular flexibility index (Phi) is 8.44. The molecule has 1 aliphatic heterocycles. The van der Waals surface area contributed by atoms with Gasteiger partial charge < -0.3 is 25.8 Å². The molecule has 0 spiro atoms. The van der Waals surface area contributed by atoms with E-state index >= 15 is 0 Å². The molecule has 9 nitrogen and oxygen atoms in total. The quantitative estimate of drug-likeness (QED) is 0.622. The number of aromatic nitrogens is 2. The number of ether oxygens (including phenoxy) is 2. The molecule has 0 bridgehead atoms. The summed E-state index contributed by atoms with van der Waals surface area (Å²) in [7, 11) is 1.58. The highest BCUT2D eigenvalue weighted by molar-refractivity contribution is 5.95. The van der Waals surface area contributed by atoms with Gasteiger partial charge in [-0.15, -0.1) is 12.4 Å². The van der Waals surface area contributed by atoms with Gasteiger partial charge in [-0.2, -0.15) is 5.10 Å². The van der Waals surface area contributed by atoms with Crippen LogP contribution in [0, 0.1) is 5.92 Å². The Hall–Kier alpha value is -2.62. The summed E-state index contributed by atoms with van der Waals surface area (Å²) in [5.74, 6) is 0.336. The number of rotatable bonds is 7. The second-order valence-corrected chi connectivity index (χ2v) is 6.67. The summed E-state index contributed by atoms with van der Waals surface area (Å²) in [6.45, 7) is 1.29. The molecule has 1 fully saturated rings. The van der Waals surface area contributed by atoms with Crippen LogP contribution >= 0.6 is 12.4 Å². The molecule has 2 aromatic rings. The maximum absolute atomic E-state index is 12.3. The molecule has 29 heavy (non-hydrogen) atoms. The third-order valence-corrected chi connectivity index (χ3v) is 4.66. The van der Waals surface area contributed by atoms with Crippen LogP contribution in [-0.2, 0) is 20.9 Å². The zero-order valence-corrected chi connectivity index (χ0v) is 17.0. The van der Waals surface area contributed by atoms with Crippen molar-refractivity contribution < 1.29 is 19.1 Å². The SMILES string of the molecule is COc1ccc(NC(=O)Cn2cc(NC(=O)C(N)C3CCOCC3)cn2)cc1.Cl. The molecule has 1 atom stereocenters. The van der Waals surface area contributed by atoms with Crippen LogP contribution in [0.5, 0.6) is 5.75 Å². The third kappa shape index (κ3) is 6.45. The zero-order valence-electron chi connectivity index (χ0n) is 16.2. The second-order valence-electron chi connectivity index (χ2n) is 6.67. The summed E-state index contributed by atoms with van der Waals surface area (Å²) in [5.41, 5.74) is 7.23. The Labute approximate surface area is 175 Å². The number of nitrogens with two attached hydrogens (primary N) is 1. The van der Waals surface area contributed by atoms with Crippen LogP contribution < -0.4 is 21.1 Å². The van der Waals surface area contributed by atoms with Crippen LogP contribution in [0.1, 0.15) is 12.8 Å². The number of hydrogen-bond donors (Lipinski definition) is 3. The van der Waals surface area contributed by atoms with Gasteiger partial charge in [0.2, 0.25) is 11.8 Å². The average Bonchev–Trinajstić information content (AvgIpc) is 3.15. The maximum Gasteiger partial charge on any atom is 0.246 e. The summed E-state index contributed by atoms with van der Waals surface area (Å²) in [6, 6.07) is 6.44. The van der Waals surface area contributed by atoms with Crippen molar-refractivity contribution in [2.45, 2.75) is 25.4 Å². The van der Waals surface area contributed by atoms with E-state index in [1.807, 2.05) is 0 Å². The molecule has 10 heteroatoms. The fourth-order valence-electron chi connectivity index (χ4n) is 3.05. The topological polar surface area (TPSA) is 120 Å². The first-order chi connectivity index (χ1) is 13.5. The van der Waals surface area contributed by atoms with E-state index in [-0.39, 0.29) is 36.7 Å². The molecule has 1 saturated heterocycles. The summed E-state index contributed by atoms with van der Waals surface area (Å²) < 4.78 is 11.8. The minimum Gasteiger partial charge on any atom is -0.497 e. The number of methoxy groups -OCH3 is 1. The molecular formula is C19H26ClN5O4. The van der Waals surface area contributed by atoms with E-state index < -0.39 is 6.04 Å². The minimum absolute atomic E-state index is 0. The van der Waals surface area contributed by atoms with Gasteiger partial charge in [-0.1, -0.05) is 0 Å². The number of carbonyl (C=O) groups is 2. The fraction of sp³-hybridized carbons (Fsp3) is 0.421. The molecule has 1 aliphatic rings. The Morgan fingerprint density at radius 1 is 1.24 bits per heavy atom. The Balaban J connectivity index is 0.00000300. The van der Waals surface area contributed by atoms with Crippen LogP contribution in [0.4, 0.5) is 11.4 Å². The Morgan fingerprint density at radius 3 is 2.59 bits per heavy atom. The van der Waals surface area contributed by atoms with Gasteiger partial charge in [0, 0.05) is 25.1 Å². The van der Waals surface area contributed by atoms with Crippen molar-refractivity contribution in [2.75, 3.05) is 31.0 Å². The molecule has 2 heterocycles. The van der Waals surface area contributed by atoms with E-state index in [9.17, 15) is 9.59 Å². The van der Waals surface area contributed by atoms with Gasteiger partial charge >= 0.3 is 0 Å². The van der Waals surface area contributed by atoms with Crippen LogP contribution in [-0.4, -0.2) is 48.0 Å². The first-order valence-electron chi connectivity index (χ1n) is 9.15. The number of benzene rings is 1. The van der Waals surface area contributed by atoms with Crippen molar-refractivity contribution in [1.29, 1.82) is 0 Å². The summed E-state index contributed by atoms with van der Waals surface area (Å²) in [4.78, 5) is 24.5. The molecule has 4 N–H and O–H groups in total. The lowest BCUT2D eigenvalue weighted by Gasteiger charge is -2.26. The summed E-state index contributed by atoms with van der Waals surface area (Å²) in [5, 5.41) is 9.65. The number of nitrogens with zero attached hydrogens (tertiary/aromatic N) is 2. The normalized spacial score (nSPS) is 15.1. The van der Waals surface area contributed by atoms with E-state index in [1.165, 1.54) is 10.9 Å². The molecule has 1 aromatic carbocycles. The third-order valence-electron chi connectivity index (χ3n) is 4.66. The van der Waals surface area contributed by atoms with E-state index in [0.717, 1.165) is 12.8 Å². The highest BCUT2D eigenvalue weighted by Gasteiger charge is 2.26. The van der Waals surface area contributed by atoms with E-state index in [4.69, 9.17) is 15.2 Å². The predicted octanol–water partition coefficient (Wildman–Crippen LogP) is 1.64. The largest absolute Gasteiger partial charge is 0.497 e. The molecule has 3 rings (SSSR count). The number of amides is 2. The molecule has 1 unspecified atom stereocenters. The van der Waals surface area contributed by atoms with Crippen molar-refractivity contribution >= 4 is 35.6 Å². The molecule has 158 valence electrons. The summed E-state index contributed by atoms with van der Waals surface area (Å²) >= 11 is 0. The van der Waals surface area contributed by atoms with Crippen molar-refractivity contribution in [3.05, 3.63) is 36.7 Å². The van der Waals surface area contributed by atoms with Crippen molar-refractivity contribution in [3.8, 4) is 5.75 Å². The lowest BCUT2D eigenvalue weighted by Crippen LogP contribution is -2.43. The van der Waals surface area contributed by atoms with E-state index in [0.29, 0.717) is 30.3 Å². The van der Waals surface area contributed by atoms with Gasteiger partial charge in [0.15, 0.2) is 0 Å². The molecule has 2 amide bonds. The molecule has 0 saturated carbocycles. The second kappa shape index (κ2) is 10.8. The first kappa shape index (κ1) is 22.7. The van der Waals surface area contributed by atoms with Gasteiger partial charge in [0.25, 0.3) is 0 Å². The molecule has 1 aromatic heterocycles. The number of hydrogen-bond acceptors (Lipinski definition) is 6. The molecular weight excluding hydrogens is 398 g/mol. The lowest BCUT2D eigenvalue weighted by molar-refractivity contribution is -0.119. The monoisotopic (exact) mass is 423 g/mol. The lowest BCUT2D eigenvalue weighted by atomic mass is 9.92. The van der Waals surface area contributed by atoms with Crippen LogP contribution in [0.25, 0.3) is 0 Å². The molecule has 0 radical (unpaired) electrons. The van der Waals surface area contributed by atoms with Gasteiger partial charge in [0.1, 0.15) is 12.3 Å². The summed E-state index contributed by atoms with van der Waals surface area (Å²) in [6.07, 6.45) is 4.65. The van der Waals surface area contributed by atoms with Gasteiger partial charge in [-0.05, 0) is 43.0 Å². The highest BCUT2D eigenvalue weighted by atomic mass is 35.5. The van der Waals surface area contributed by atoms with Crippen LogP contribution in [0.15, 0.2) is 36.7 Å². The predicted molar refractivity (Wildman–Crippen MR) is 111 cm³/mol. The van der Waals surface area contributed by atoms with Crippen molar-refractivity contribution in [3.63, 3.8) is 0 Å². The zero-order chi connectivity index (χ0) is 19.9. The maximum atomic E-state index is 12.3. The van der Waals surface area contributed by atoms with Gasteiger partial charge in [-0.3, -0.25) is 14.3 Å². The fourth-order valence-corrected chi connectivity index (χ4v) is 3.05. The Morgan fingerprint density at radius 2 is 1.93 bits per heavy atom. The molecule has 0 aliphatic carbocycles.